The molecule has 7 heteroatoms. The van der Waals surface area contributed by atoms with Gasteiger partial charge in [0.05, 0.1) is 6.54 Å². The number of nitrogens with zero attached hydrogens (tertiary/aromatic N) is 4. The normalized spacial score (nSPS) is 22.2. The van der Waals surface area contributed by atoms with Crippen molar-refractivity contribution < 1.29 is 14.1 Å². The summed E-state index contributed by atoms with van der Waals surface area (Å²) >= 11 is 0. The molecule has 0 spiro atoms. The second-order valence-corrected chi connectivity index (χ2v) is 7.40. The first kappa shape index (κ1) is 16.6. The molecular weight excluding hydrogens is 320 g/mol. The summed E-state index contributed by atoms with van der Waals surface area (Å²) in [6.07, 6.45) is 5.38. The van der Waals surface area contributed by atoms with Gasteiger partial charge in [-0.05, 0) is 32.1 Å². The average Bonchev–Trinajstić information content (AvgIpc) is 3.17. The Labute approximate surface area is 147 Å². The monoisotopic (exact) mass is 346 g/mol. The lowest BCUT2D eigenvalue weighted by Gasteiger charge is -2.23. The van der Waals surface area contributed by atoms with E-state index in [-0.39, 0.29) is 11.8 Å². The molecule has 0 radical (unpaired) electrons. The topological polar surface area (TPSA) is 69.9 Å². The molecule has 0 atom stereocenters. The smallest absolute Gasteiger partial charge is 0.276 e. The molecule has 2 aliphatic heterocycles. The zero-order valence-corrected chi connectivity index (χ0v) is 14.7. The molecule has 0 N–H and O–H groups in total. The fourth-order valence-electron chi connectivity index (χ4n) is 3.70. The Hall–Kier alpha value is -1.89. The van der Waals surface area contributed by atoms with Crippen LogP contribution in [0, 0.1) is 0 Å². The van der Waals surface area contributed by atoms with Gasteiger partial charge in [0.1, 0.15) is 5.76 Å². The zero-order chi connectivity index (χ0) is 17.2. The van der Waals surface area contributed by atoms with Gasteiger partial charge in [-0.15, -0.1) is 0 Å². The molecule has 3 fully saturated rings. The van der Waals surface area contributed by atoms with Crippen LogP contribution in [0.15, 0.2) is 10.6 Å². The highest BCUT2D eigenvalue weighted by Crippen LogP contribution is 2.40. The van der Waals surface area contributed by atoms with Gasteiger partial charge in [-0.2, -0.15) is 0 Å². The highest BCUT2D eigenvalue weighted by Gasteiger charge is 2.30. The number of carbonyl (C=O) groups excluding carboxylic acids is 2. The highest BCUT2D eigenvalue weighted by molar-refractivity contribution is 5.92. The molecule has 136 valence electrons. The summed E-state index contributed by atoms with van der Waals surface area (Å²) < 4.78 is 5.30. The van der Waals surface area contributed by atoms with Crippen LogP contribution in [-0.2, 0) is 4.79 Å². The van der Waals surface area contributed by atoms with Crippen LogP contribution in [0.25, 0.3) is 0 Å². The van der Waals surface area contributed by atoms with Crippen molar-refractivity contribution >= 4 is 11.8 Å². The van der Waals surface area contributed by atoms with Gasteiger partial charge in [-0.25, -0.2) is 0 Å². The van der Waals surface area contributed by atoms with E-state index in [9.17, 15) is 9.59 Å². The number of hydrogen-bond acceptors (Lipinski definition) is 5. The van der Waals surface area contributed by atoms with Crippen molar-refractivity contribution in [3.8, 4) is 0 Å². The van der Waals surface area contributed by atoms with Crippen LogP contribution in [0.3, 0.4) is 0 Å². The van der Waals surface area contributed by atoms with Crippen LogP contribution in [0.1, 0.15) is 54.3 Å². The molecule has 1 saturated carbocycles. The molecular formula is C18H26N4O3. The summed E-state index contributed by atoms with van der Waals surface area (Å²) in [6.45, 7) is 5.20. The van der Waals surface area contributed by atoms with Crippen molar-refractivity contribution in [3.63, 3.8) is 0 Å². The standard InChI is InChI=1S/C18H26N4O3/c23-17(21-7-1-2-8-21)13-20-6-3-9-22(11-10-20)18(24)15-12-16(25-19-15)14-4-5-14/h12,14H,1-11,13H2. The van der Waals surface area contributed by atoms with E-state index in [4.69, 9.17) is 4.52 Å². The van der Waals surface area contributed by atoms with Crippen molar-refractivity contribution in [1.29, 1.82) is 0 Å². The third kappa shape index (κ3) is 3.86. The summed E-state index contributed by atoms with van der Waals surface area (Å²) in [6, 6.07) is 1.81. The number of hydrogen-bond donors (Lipinski definition) is 0. The molecule has 0 aromatic carbocycles. The number of amides is 2. The summed E-state index contributed by atoms with van der Waals surface area (Å²) in [7, 11) is 0. The van der Waals surface area contributed by atoms with Crippen LogP contribution < -0.4 is 0 Å². The van der Waals surface area contributed by atoms with E-state index in [1.807, 2.05) is 9.80 Å². The van der Waals surface area contributed by atoms with E-state index >= 15 is 0 Å². The molecule has 0 unspecified atom stereocenters. The van der Waals surface area contributed by atoms with E-state index in [2.05, 4.69) is 10.1 Å². The first-order valence-corrected chi connectivity index (χ1v) is 9.47. The molecule has 3 aliphatic rings. The molecule has 4 rings (SSSR count). The SMILES string of the molecule is O=C(CN1CCCN(C(=O)c2cc(C3CC3)on2)CC1)N1CCCC1. The molecule has 2 amide bonds. The lowest BCUT2D eigenvalue weighted by molar-refractivity contribution is -0.131. The van der Waals surface area contributed by atoms with Crippen LogP contribution in [-0.4, -0.2) is 77.5 Å². The van der Waals surface area contributed by atoms with Crippen LogP contribution in [0.5, 0.6) is 0 Å². The predicted octanol–water partition coefficient (Wildman–Crippen LogP) is 1.32. The second kappa shape index (κ2) is 7.15. The first-order chi connectivity index (χ1) is 12.2. The van der Waals surface area contributed by atoms with Crippen molar-refractivity contribution in [3.05, 3.63) is 17.5 Å². The Morgan fingerprint density at radius 2 is 1.76 bits per heavy atom. The largest absolute Gasteiger partial charge is 0.360 e. The highest BCUT2D eigenvalue weighted by atomic mass is 16.5. The molecule has 7 nitrogen and oxygen atoms in total. The third-order valence-corrected chi connectivity index (χ3v) is 5.42. The van der Waals surface area contributed by atoms with E-state index < -0.39 is 0 Å². The van der Waals surface area contributed by atoms with Gasteiger partial charge < -0.3 is 14.3 Å². The van der Waals surface area contributed by atoms with Gasteiger partial charge in [0.2, 0.25) is 5.91 Å². The maximum absolute atomic E-state index is 12.7. The molecule has 2 saturated heterocycles. The number of aromatic nitrogens is 1. The summed E-state index contributed by atoms with van der Waals surface area (Å²) in [4.78, 5) is 30.9. The minimum absolute atomic E-state index is 0.0524. The lowest BCUT2D eigenvalue weighted by atomic mass is 10.2. The van der Waals surface area contributed by atoms with E-state index in [1.165, 1.54) is 0 Å². The molecule has 3 heterocycles. The van der Waals surface area contributed by atoms with Crippen LogP contribution >= 0.6 is 0 Å². The van der Waals surface area contributed by atoms with Crippen LogP contribution in [0.4, 0.5) is 0 Å². The van der Waals surface area contributed by atoms with Gasteiger partial charge in [0.25, 0.3) is 5.91 Å². The minimum Gasteiger partial charge on any atom is -0.360 e. The average molecular weight is 346 g/mol. The summed E-state index contributed by atoms with van der Waals surface area (Å²) in [5.41, 5.74) is 0.420. The van der Waals surface area contributed by atoms with Crippen molar-refractivity contribution in [2.24, 2.45) is 0 Å². The van der Waals surface area contributed by atoms with E-state index in [0.717, 1.165) is 64.0 Å². The molecule has 1 aromatic heterocycles. The number of likely N-dealkylation sites (tertiary alicyclic amines) is 1. The van der Waals surface area contributed by atoms with Gasteiger partial charge >= 0.3 is 0 Å². The Bertz CT molecular complexity index is 634. The summed E-state index contributed by atoms with van der Waals surface area (Å²) in [5, 5.41) is 3.96. The fraction of sp³-hybridized carbons (Fsp3) is 0.722. The molecule has 0 bridgehead atoms. The van der Waals surface area contributed by atoms with Gasteiger partial charge in [0, 0.05) is 51.3 Å². The van der Waals surface area contributed by atoms with Crippen molar-refractivity contribution in [2.45, 2.75) is 38.0 Å². The fourth-order valence-corrected chi connectivity index (χ4v) is 3.70. The Morgan fingerprint density at radius 1 is 1.00 bits per heavy atom. The number of rotatable bonds is 4. The van der Waals surface area contributed by atoms with E-state index in [1.54, 1.807) is 6.07 Å². The Balaban J connectivity index is 1.30. The van der Waals surface area contributed by atoms with E-state index in [0.29, 0.717) is 31.2 Å². The molecule has 25 heavy (non-hydrogen) atoms. The van der Waals surface area contributed by atoms with Gasteiger partial charge in [0.15, 0.2) is 5.69 Å². The Morgan fingerprint density at radius 3 is 2.52 bits per heavy atom. The minimum atomic E-state index is -0.0524. The quantitative estimate of drug-likeness (QED) is 0.822. The van der Waals surface area contributed by atoms with Crippen LogP contribution in [0.2, 0.25) is 0 Å². The Kier molecular flexibility index (Phi) is 4.74. The zero-order valence-electron chi connectivity index (χ0n) is 14.7. The predicted molar refractivity (Wildman–Crippen MR) is 91.3 cm³/mol. The first-order valence-electron chi connectivity index (χ1n) is 9.47. The molecule has 1 aromatic rings. The maximum Gasteiger partial charge on any atom is 0.276 e. The molecule has 1 aliphatic carbocycles. The lowest BCUT2D eigenvalue weighted by Crippen LogP contribution is -2.41. The summed E-state index contributed by atoms with van der Waals surface area (Å²) in [5.74, 6) is 1.48. The van der Waals surface area contributed by atoms with Crippen molar-refractivity contribution in [2.75, 3.05) is 45.8 Å². The van der Waals surface area contributed by atoms with Crippen molar-refractivity contribution in [1.82, 2.24) is 19.9 Å². The van der Waals surface area contributed by atoms with Gasteiger partial charge in [-0.3, -0.25) is 14.5 Å². The third-order valence-electron chi connectivity index (χ3n) is 5.42. The van der Waals surface area contributed by atoms with Gasteiger partial charge in [-0.1, -0.05) is 5.16 Å². The second-order valence-electron chi connectivity index (χ2n) is 7.40. The maximum atomic E-state index is 12.7. The number of carbonyl (C=O) groups is 2.